The lowest BCUT2D eigenvalue weighted by Gasteiger charge is -2.24. The Hall–Kier alpha value is -1.44. The molecule has 0 aliphatic carbocycles. The van der Waals surface area contributed by atoms with E-state index in [1.165, 1.54) is 0 Å². The van der Waals surface area contributed by atoms with Crippen molar-refractivity contribution in [2.75, 3.05) is 18.5 Å². The molecular weight excluding hydrogens is 274 g/mol. The Morgan fingerprint density at radius 3 is 2.11 bits per heavy atom. The van der Waals surface area contributed by atoms with E-state index >= 15 is 0 Å². The van der Waals surface area contributed by atoms with Crippen LogP contribution in [0.15, 0.2) is 18.2 Å². The van der Waals surface area contributed by atoms with Gasteiger partial charge < -0.3 is 10.6 Å². The van der Waals surface area contributed by atoms with Crippen LogP contribution in [0.4, 0.5) is 32.0 Å². The van der Waals surface area contributed by atoms with Crippen LogP contribution in [0.25, 0.3) is 0 Å². The van der Waals surface area contributed by atoms with Crippen molar-refractivity contribution in [1.82, 2.24) is 0 Å². The van der Waals surface area contributed by atoms with Crippen LogP contribution in [0.2, 0.25) is 0 Å². The quantitative estimate of drug-likeness (QED) is 0.865. The molecule has 1 rings (SSSR count). The Morgan fingerprint density at radius 1 is 1.11 bits per heavy atom. The third kappa shape index (κ3) is 4.30. The topological polar surface area (TPSA) is 29.3 Å². The minimum absolute atomic E-state index is 0.0153. The second-order valence-electron chi connectivity index (χ2n) is 4.02. The standard InChI is InChI=1S/C11H12F6N2/c1-19(6-10(12,13)14)9-3-2-8(11(15,16)17)4-7(9)5-18/h2-4H,5-6,18H2,1H3. The van der Waals surface area contributed by atoms with Crippen LogP contribution in [-0.2, 0) is 12.7 Å². The third-order valence-electron chi connectivity index (χ3n) is 2.45. The number of nitrogens with two attached hydrogens (primary N) is 1. The van der Waals surface area contributed by atoms with Gasteiger partial charge in [0.15, 0.2) is 0 Å². The molecule has 2 nitrogen and oxygen atoms in total. The molecule has 8 heteroatoms. The minimum atomic E-state index is -4.55. The van der Waals surface area contributed by atoms with E-state index in [4.69, 9.17) is 5.73 Å². The van der Waals surface area contributed by atoms with Gasteiger partial charge in [-0.05, 0) is 23.8 Å². The summed E-state index contributed by atoms with van der Waals surface area (Å²) in [6, 6.07) is 2.50. The van der Waals surface area contributed by atoms with Gasteiger partial charge in [-0.2, -0.15) is 26.3 Å². The molecule has 2 N–H and O–H groups in total. The molecule has 0 amide bonds. The van der Waals surface area contributed by atoms with Crippen LogP contribution in [0, 0.1) is 0 Å². The van der Waals surface area contributed by atoms with Gasteiger partial charge in [0, 0.05) is 19.3 Å². The molecule has 0 aliphatic heterocycles. The Labute approximate surface area is 105 Å². The number of hydrogen-bond donors (Lipinski definition) is 1. The van der Waals surface area contributed by atoms with Gasteiger partial charge >= 0.3 is 12.4 Å². The highest BCUT2D eigenvalue weighted by molar-refractivity contribution is 5.55. The second-order valence-corrected chi connectivity index (χ2v) is 4.02. The van der Waals surface area contributed by atoms with Crippen molar-refractivity contribution in [3.05, 3.63) is 29.3 Å². The molecule has 0 saturated carbocycles. The highest BCUT2D eigenvalue weighted by Gasteiger charge is 2.33. The van der Waals surface area contributed by atoms with Crippen LogP contribution in [0.1, 0.15) is 11.1 Å². The first-order chi connectivity index (χ1) is 8.54. The lowest BCUT2D eigenvalue weighted by Crippen LogP contribution is -2.31. The average molecular weight is 286 g/mol. The van der Waals surface area contributed by atoms with Crippen LogP contribution >= 0.6 is 0 Å². The van der Waals surface area contributed by atoms with Gasteiger partial charge in [-0.3, -0.25) is 0 Å². The molecule has 0 unspecified atom stereocenters. The van der Waals surface area contributed by atoms with E-state index in [9.17, 15) is 26.3 Å². The van der Waals surface area contributed by atoms with Crippen LogP contribution in [0.5, 0.6) is 0 Å². The van der Waals surface area contributed by atoms with Gasteiger partial charge in [-0.15, -0.1) is 0 Å². The molecule has 1 aromatic carbocycles. The zero-order valence-electron chi connectivity index (χ0n) is 9.94. The van der Waals surface area contributed by atoms with E-state index in [0.717, 1.165) is 30.1 Å². The van der Waals surface area contributed by atoms with Gasteiger partial charge in [0.05, 0.1) is 5.56 Å². The van der Waals surface area contributed by atoms with Crippen molar-refractivity contribution >= 4 is 5.69 Å². The van der Waals surface area contributed by atoms with Crippen molar-refractivity contribution in [1.29, 1.82) is 0 Å². The summed E-state index contributed by atoms with van der Waals surface area (Å²) >= 11 is 0. The van der Waals surface area contributed by atoms with Crippen molar-refractivity contribution in [3.8, 4) is 0 Å². The average Bonchev–Trinajstić information content (AvgIpc) is 2.24. The van der Waals surface area contributed by atoms with E-state index in [2.05, 4.69) is 0 Å². The maximum atomic E-state index is 12.5. The van der Waals surface area contributed by atoms with Crippen molar-refractivity contribution in [3.63, 3.8) is 0 Å². The van der Waals surface area contributed by atoms with E-state index in [0.29, 0.717) is 0 Å². The van der Waals surface area contributed by atoms with Gasteiger partial charge in [-0.1, -0.05) is 0 Å². The molecule has 0 heterocycles. The third-order valence-corrected chi connectivity index (χ3v) is 2.45. The molecule has 19 heavy (non-hydrogen) atoms. The molecular formula is C11H12F6N2. The van der Waals surface area contributed by atoms with Gasteiger partial charge in [0.25, 0.3) is 0 Å². The molecule has 0 atom stereocenters. The monoisotopic (exact) mass is 286 g/mol. The molecule has 1 aromatic rings. The number of benzene rings is 1. The lowest BCUT2D eigenvalue weighted by atomic mass is 10.1. The smallest absolute Gasteiger partial charge is 0.365 e. The fraction of sp³-hybridized carbons (Fsp3) is 0.455. The molecule has 0 bridgehead atoms. The number of anilines is 1. The fourth-order valence-corrected chi connectivity index (χ4v) is 1.65. The summed E-state index contributed by atoms with van der Waals surface area (Å²) in [5, 5.41) is 0. The summed E-state index contributed by atoms with van der Waals surface area (Å²) in [4.78, 5) is 0.822. The zero-order chi connectivity index (χ0) is 14.8. The van der Waals surface area contributed by atoms with Gasteiger partial charge in [0.1, 0.15) is 6.54 Å². The minimum Gasteiger partial charge on any atom is -0.365 e. The van der Waals surface area contributed by atoms with Crippen molar-refractivity contribution < 1.29 is 26.3 Å². The SMILES string of the molecule is CN(CC(F)(F)F)c1ccc(C(F)(F)F)cc1CN. The first kappa shape index (κ1) is 15.6. The Kier molecular flexibility index (Phi) is 4.34. The molecule has 0 aromatic heterocycles. The van der Waals surface area contributed by atoms with Crippen LogP contribution in [-0.4, -0.2) is 19.8 Å². The number of nitrogens with zero attached hydrogens (tertiary/aromatic N) is 1. The summed E-state index contributed by atoms with van der Waals surface area (Å²) in [5.41, 5.74) is 4.41. The highest BCUT2D eigenvalue weighted by Crippen LogP contribution is 2.33. The maximum absolute atomic E-state index is 12.5. The first-order valence-electron chi connectivity index (χ1n) is 5.22. The summed E-state index contributed by atoms with van der Waals surface area (Å²) in [5.74, 6) is 0. The van der Waals surface area contributed by atoms with Crippen LogP contribution < -0.4 is 10.6 Å². The van der Waals surface area contributed by atoms with E-state index in [-0.39, 0.29) is 17.8 Å². The van der Waals surface area contributed by atoms with E-state index in [1.807, 2.05) is 0 Å². The molecule has 108 valence electrons. The number of alkyl halides is 6. The fourth-order valence-electron chi connectivity index (χ4n) is 1.65. The van der Waals surface area contributed by atoms with Gasteiger partial charge in [-0.25, -0.2) is 0 Å². The molecule has 0 fully saturated rings. The van der Waals surface area contributed by atoms with Crippen molar-refractivity contribution in [2.45, 2.75) is 18.9 Å². The predicted molar refractivity (Wildman–Crippen MR) is 58.7 cm³/mol. The second kappa shape index (κ2) is 5.28. The summed E-state index contributed by atoms with van der Waals surface area (Å²) in [6.45, 7) is -1.53. The summed E-state index contributed by atoms with van der Waals surface area (Å²) in [7, 11) is 1.15. The van der Waals surface area contributed by atoms with Crippen molar-refractivity contribution in [2.24, 2.45) is 5.73 Å². The normalized spacial score (nSPS) is 12.6. The molecule has 0 saturated heterocycles. The van der Waals surface area contributed by atoms with Crippen LogP contribution in [0.3, 0.4) is 0 Å². The van der Waals surface area contributed by atoms with E-state index < -0.39 is 24.5 Å². The summed E-state index contributed by atoms with van der Waals surface area (Å²) in [6.07, 6.45) is -8.99. The highest BCUT2D eigenvalue weighted by atomic mass is 19.4. The van der Waals surface area contributed by atoms with Gasteiger partial charge in [0.2, 0.25) is 0 Å². The van der Waals surface area contributed by atoms with E-state index in [1.54, 1.807) is 0 Å². The first-order valence-corrected chi connectivity index (χ1v) is 5.22. The zero-order valence-corrected chi connectivity index (χ0v) is 9.94. The Morgan fingerprint density at radius 2 is 1.68 bits per heavy atom. The number of hydrogen-bond acceptors (Lipinski definition) is 2. The molecule has 0 spiro atoms. The lowest BCUT2D eigenvalue weighted by molar-refractivity contribution is -0.137. The largest absolute Gasteiger partial charge is 0.416 e. The molecule has 0 radical (unpaired) electrons. The summed E-state index contributed by atoms with van der Waals surface area (Å²) < 4.78 is 74.2. The Bertz CT molecular complexity index is 438. The number of rotatable bonds is 3. The molecule has 0 aliphatic rings. The maximum Gasteiger partial charge on any atom is 0.416 e. The Balaban J connectivity index is 3.09. The number of halogens is 6. The predicted octanol–water partition coefficient (Wildman–Crippen LogP) is 3.16.